The van der Waals surface area contributed by atoms with Gasteiger partial charge in [-0.2, -0.15) is 11.8 Å². The minimum Gasteiger partial charge on any atom is -0.316 e. The highest BCUT2D eigenvalue weighted by atomic mass is 32.2. The molecule has 0 aromatic heterocycles. The first-order chi connectivity index (χ1) is 7.33. The van der Waals surface area contributed by atoms with Crippen LogP contribution in [-0.2, 0) is 6.42 Å². The highest BCUT2D eigenvalue weighted by molar-refractivity contribution is 7.98. The molecule has 1 aromatic carbocycles. The Bertz CT molecular complexity index is 273. The van der Waals surface area contributed by atoms with Crippen molar-refractivity contribution in [3.8, 4) is 0 Å². The highest BCUT2D eigenvalue weighted by Crippen LogP contribution is 2.03. The standard InChI is InChI=1S/C13H21NS/c1-12-5-3-6-13(11-12)7-9-14-8-4-10-15-2/h3,5-6,11,14H,4,7-10H2,1-2H3. The first-order valence-corrected chi connectivity index (χ1v) is 6.97. The number of thioether (sulfide) groups is 1. The van der Waals surface area contributed by atoms with Gasteiger partial charge in [0.25, 0.3) is 0 Å². The van der Waals surface area contributed by atoms with Crippen LogP contribution < -0.4 is 5.32 Å². The van der Waals surface area contributed by atoms with Crippen LogP contribution in [0.1, 0.15) is 17.5 Å². The quantitative estimate of drug-likeness (QED) is 0.713. The monoisotopic (exact) mass is 223 g/mol. The maximum Gasteiger partial charge on any atom is -0.000834 e. The molecule has 1 rings (SSSR count). The number of benzene rings is 1. The lowest BCUT2D eigenvalue weighted by Crippen LogP contribution is -2.18. The van der Waals surface area contributed by atoms with Gasteiger partial charge in [0, 0.05) is 0 Å². The van der Waals surface area contributed by atoms with Crippen LogP contribution in [0.15, 0.2) is 24.3 Å². The van der Waals surface area contributed by atoms with Crippen LogP contribution in [0.2, 0.25) is 0 Å². The Hall–Kier alpha value is -0.470. The lowest BCUT2D eigenvalue weighted by molar-refractivity contribution is 0.674. The maximum absolute atomic E-state index is 3.47. The normalized spacial score (nSPS) is 10.5. The second-order valence-corrected chi connectivity index (χ2v) is 4.82. The molecule has 0 heterocycles. The average Bonchev–Trinajstić information content (AvgIpc) is 2.23. The molecule has 0 aliphatic heterocycles. The number of rotatable bonds is 7. The van der Waals surface area contributed by atoms with Gasteiger partial charge in [-0.3, -0.25) is 0 Å². The van der Waals surface area contributed by atoms with Crippen molar-refractivity contribution in [2.75, 3.05) is 25.1 Å². The molecule has 1 aromatic rings. The molecule has 0 atom stereocenters. The van der Waals surface area contributed by atoms with Gasteiger partial charge < -0.3 is 5.32 Å². The molecule has 0 aliphatic carbocycles. The van der Waals surface area contributed by atoms with E-state index >= 15 is 0 Å². The van der Waals surface area contributed by atoms with E-state index in [2.05, 4.69) is 42.8 Å². The fraction of sp³-hybridized carbons (Fsp3) is 0.538. The molecular weight excluding hydrogens is 202 g/mol. The van der Waals surface area contributed by atoms with Crippen LogP contribution >= 0.6 is 11.8 Å². The van der Waals surface area contributed by atoms with Gasteiger partial charge >= 0.3 is 0 Å². The summed E-state index contributed by atoms with van der Waals surface area (Å²) in [6.45, 7) is 4.39. The van der Waals surface area contributed by atoms with Crippen LogP contribution in [0.4, 0.5) is 0 Å². The summed E-state index contributed by atoms with van der Waals surface area (Å²) in [7, 11) is 0. The fourth-order valence-corrected chi connectivity index (χ4v) is 2.00. The third kappa shape index (κ3) is 5.85. The van der Waals surface area contributed by atoms with Gasteiger partial charge in [-0.25, -0.2) is 0 Å². The summed E-state index contributed by atoms with van der Waals surface area (Å²) in [6, 6.07) is 8.76. The van der Waals surface area contributed by atoms with Crippen LogP contribution in [0.5, 0.6) is 0 Å². The van der Waals surface area contributed by atoms with Crippen molar-refractivity contribution in [1.29, 1.82) is 0 Å². The van der Waals surface area contributed by atoms with Gasteiger partial charge in [-0.05, 0) is 50.4 Å². The van der Waals surface area contributed by atoms with E-state index in [1.807, 2.05) is 11.8 Å². The van der Waals surface area contributed by atoms with Crippen LogP contribution in [0, 0.1) is 6.92 Å². The van der Waals surface area contributed by atoms with Crippen molar-refractivity contribution in [2.24, 2.45) is 0 Å². The molecule has 0 aliphatic rings. The first kappa shape index (κ1) is 12.6. The van der Waals surface area contributed by atoms with Crippen molar-refractivity contribution < 1.29 is 0 Å². The summed E-state index contributed by atoms with van der Waals surface area (Å²) in [6.07, 6.45) is 4.57. The topological polar surface area (TPSA) is 12.0 Å². The van der Waals surface area contributed by atoms with Crippen molar-refractivity contribution in [1.82, 2.24) is 5.32 Å². The summed E-state index contributed by atoms with van der Waals surface area (Å²) in [5.41, 5.74) is 2.79. The smallest absolute Gasteiger partial charge is 0.000834 e. The molecule has 15 heavy (non-hydrogen) atoms. The van der Waals surface area contributed by atoms with Crippen molar-refractivity contribution in [3.05, 3.63) is 35.4 Å². The zero-order chi connectivity index (χ0) is 10.9. The summed E-state index contributed by atoms with van der Waals surface area (Å²) in [4.78, 5) is 0. The molecular formula is C13H21NS. The SMILES string of the molecule is CSCCCNCCc1cccc(C)c1. The minimum absolute atomic E-state index is 1.10. The van der Waals surface area contributed by atoms with Gasteiger partial charge in [0.15, 0.2) is 0 Å². The van der Waals surface area contributed by atoms with Crippen molar-refractivity contribution >= 4 is 11.8 Å². The Morgan fingerprint density at radius 3 is 2.87 bits per heavy atom. The number of hydrogen-bond acceptors (Lipinski definition) is 2. The molecule has 0 unspecified atom stereocenters. The Balaban J connectivity index is 2.10. The summed E-state index contributed by atoms with van der Waals surface area (Å²) in [5, 5.41) is 3.47. The molecule has 1 nitrogen and oxygen atoms in total. The molecule has 84 valence electrons. The van der Waals surface area contributed by atoms with E-state index in [4.69, 9.17) is 0 Å². The Morgan fingerprint density at radius 1 is 1.27 bits per heavy atom. The molecule has 0 fully saturated rings. The zero-order valence-corrected chi connectivity index (χ0v) is 10.6. The second kappa shape index (κ2) is 7.77. The van der Waals surface area contributed by atoms with E-state index in [1.165, 1.54) is 23.3 Å². The average molecular weight is 223 g/mol. The third-order valence-electron chi connectivity index (χ3n) is 2.37. The molecule has 0 amide bonds. The van der Waals surface area contributed by atoms with Crippen molar-refractivity contribution in [3.63, 3.8) is 0 Å². The first-order valence-electron chi connectivity index (χ1n) is 5.58. The Labute approximate surface area is 97.7 Å². The predicted molar refractivity (Wildman–Crippen MR) is 70.8 cm³/mol. The number of aryl methyl sites for hydroxylation is 1. The largest absolute Gasteiger partial charge is 0.316 e. The number of nitrogens with one attached hydrogen (secondary N) is 1. The van der Waals surface area contributed by atoms with Gasteiger partial charge in [0.1, 0.15) is 0 Å². The lowest BCUT2D eigenvalue weighted by atomic mass is 10.1. The number of hydrogen-bond donors (Lipinski definition) is 1. The van der Waals surface area contributed by atoms with Gasteiger partial charge in [-0.15, -0.1) is 0 Å². The summed E-state index contributed by atoms with van der Waals surface area (Å²) < 4.78 is 0. The van der Waals surface area contributed by atoms with Crippen LogP contribution in [0.25, 0.3) is 0 Å². The molecule has 0 spiro atoms. The van der Waals surface area contributed by atoms with Crippen molar-refractivity contribution in [2.45, 2.75) is 19.8 Å². The van der Waals surface area contributed by atoms with E-state index < -0.39 is 0 Å². The molecule has 0 saturated heterocycles. The van der Waals surface area contributed by atoms with Crippen LogP contribution in [-0.4, -0.2) is 25.1 Å². The molecule has 0 saturated carbocycles. The van der Waals surface area contributed by atoms with E-state index in [0.29, 0.717) is 0 Å². The zero-order valence-electron chi connectivity index (χ0n) is 9.75. The minimum atomic E-state index is 1.10. The second-order valence-electron chi connectivity index (χ2n) is 3.84. The Morgan fingerprint density at radius 2 is 2.13 bits per heavy atom. The van der Waals surface area contributed by atoms with Gasteiger partial charge in [0.2, 0.25) is 0 Å². The summed E-state index contributed by atoms with van der Waals surface area (Å²) >= 11 is 1.92. The molecule has 2 heteroatoms. The fourth-order valence-electron chi connectivity index (χ4n) is 1.57. The van der Waals surface area contributed by atoms with E-state index in [-0.39, 0.29) is 0 Å². The van der Waals surface area contributed by atoms with E-state index in [0.717, 1.165) is 19.5 Å². The van der Waals surface area contributed by atoms with Crippen LogP contribution in [0.3, 0.4) is 0 Å². The summed E-state index contributed by atoms with van der Waals surface area (Å²) in [5.74, 6) is 1.26. The highest BCUT2D eigenvalue weighted by Gasteiger charge is 1.93. The molecule has 0 bridgehead atoms. The van der Waals surface area contributed by atoms with E-state index in [9.17, 15) is 0 Å². The third-order valence-corrected chi connectivity index (χ3v) is 3.07. The molecule has 0 radical (unpaired) electrons. The maximum atomic E-state index is 3.47. The lowest BCUT2D eigenvalue weighted by Gasteiger charge is -2.04. The van der Waals surface area contributed by atoms with Gasteiger partial charge in [-0.1, -0.05) is 29.8 Å². The van der Waals surface area contributed by atoms with E-state index in [1.54, 1.807) is 0 Å². The van der Waals surface area contributed by atoms with Gasteiger partial charge in [0.05, 0.1) is 0 Å². The Kier molecular flexibility index (Phi) is 6.53. The predicted octanol–water partition coefficient (Wildman–Crippen LogP) is 2.88. The molecule has 1 N–H and O–H groups in total.